The van der Waals surface area contributed by atoms with Gasteiger partial charge >= 0.3 is 4.87 Å². The molecule has 0 aliphatic carbocycles. The number of nitrogens with one attached hydrogen (secondary N) is 2. The van der Waals surface area contributed by atoms with Crippen molar-refractivity contribution in [2.24, 2.45) is 5.92 Å². The first-order valence-electron chi connectivity index (χ1n) is 13.8. The lowest BCUT2D eigenvalue weighted by Crippen LogP contribution is -2.32. The summed E-state index contributed by atoms with van der Waals surface area (Å²) in [7, 11) is 1.55. The van der Waals surface area contributed by atoms with Crippen LogP contribution in [0.3, 0.4) is 0 Å². The highest BCUT2D eigenvalue weighted by atomic mass is 32.2. The van der Waals surface area contributed by atoms with Crippen molar-refractivity contribution in [2.45, 2.75) is 16.2 Å². The molecule has 5 aromatic rings. The number of ether oxygens (including phenoxy) is 2. The Kier molecular flexibility index (Phi) is 7.19. The predicted octanol–water partition coefficient (Wildman–Crippen LogP) is 5.41. The number of amides is 3. The molecule has 3 amide bonds. The normalized spacial score (nSPS) is 19.0. The van der Waals surface area contributed by atoms with Crippen LogP contribution in [0.15, 0.2) is 101 Å². The van der Waals surface area contributed by atoms with Crippen LogP contribution in [0.2, 0.25) is 0 Å². The summed E-state index contributed by atoms with van der Waals surface area (Å²) in [5, 5.41) is 4.79. The van der Waals surface area contributed by atoms with E-state index in [0.29, 0.717) is 27.9 Å². The molecule has 3 atom stereocenters. The Hall–Kier alpha value is -4.87. The number of methoxy groups -OCH3 is 1. The fraction of sp³-hybridized carbons (Fsp3) is 0.152. The van der Waals surface area contributed by atoms with Crippen LogP contribution >= 0.6 is 23.1 Å². The van der Waals surface area contributed by atoms with Gasteiger partial charge in [0.05, 0.1) is 23.7 Å². The van der Waals surface area contributed by atoms with Crippen LogP contribution in [0.5, 0.6) is 11.5 Å². The second-order valence-electron chi connectivity index (χ2n) is 10.4. The van der Waals surface area contributed by atoms with Crippen molar-refractivity contribution in [3.63, 3.8) is 0 Å². The monoisotopic (exact) mass is 623 g/mol. The van der Waals surface area contributed by atoms with Gasteiger partial charge in [-0.3, -0.25) is 19.2 Å². The number of nitrogens with zero attached hydrogens (tertiary/aromatic N) is 1. The number of aromatic nitrogens is 1. The average molecular weight is 624 g/mol. The zero-order chi connectivity index (χ0) is 30.4. The molecule has 9 nitrogen and oxygen atoms in total. The molecule has 1 saturated heterocycles. The molecule has 0 bridgehead atoms. The van der Waals surface area contributed by atoms with Gasteiger partial charge in [-0.15, -0.1) is 0 Å². The van der Waals surface area contributed by atoms with Crippen molar-refractivity contribution in [3.05, 3.63) is 111 Å². The molecule has 0 spiro atoms. The quantitative estimate of drug-likeness (QED) is 0.233. The highest BCUT2D eigenvalue weighted by molar-refractivity contribution is 8.00. The third-order valence-electron chi connectivity index (χ3n) is 7.83. The van der Waals surface area contributed by atoms with Gasteiger partial charge in [0.2, 0.25) is 11.8 Å². The van der Waals surface area contributed by atoms with Gasteiger partial charge in [0.15, 0.2) is 6.61 Å². The van der Waals surface area contributed by atoms with Crippen LogP contribution in [-0.2, 0) is 14.4 Å². The molecule has 7 rings (SSSR count). The van der Waals surface area contributed by atoms with Gasteiger partial charge in [0.25, 0.3) is 5.91 Å². The average Bonchev–Trinajstić information content (AvgIpc) is 3.54. The molecular weight excluding hydrogens is 599 g/mol. The molecule has 3 heterocycles. The van der Waals surface area contributed by atoms with E-state index in [1.807, 2.05) is 54.6 Å². The van der Waals surface area contributed by atoms with Crippen LogP contribution in [0.1, 0.15) is 16.4 Å². The summed E-state index contributed by atoms with van der Waals surface area (Å²) in [4.78, 5) is 57.1. The van der Waals surface area contributed by atoms with Gasteiger partial charge in [-0.25, -0.2) is 4.90 Å². The van der Waals surface area contributed by atoms with Gasteiger partial charge < -0.3 is 19.8 Å². The summed E-state index contributed by atoms with van der Waals surface area (Å²) < 4.78 is 11.0. The fourth-order valence-electron chi connectivity index (χ4n) is 5.80. The lowest BCUT2D eigenvalue weighted by molar-refractivity contribution is -0.122. The van der Waals surface area contributed by atoms with Crippen LogP contribution in [0.25, 0.3) is 10.8 Å². The minimum Gasteiger partial charge on any atom is -0.497 e. The van der Waals surface area contributed by atoms with Crippen LogP contribution in [0.4, 0.5) is 11.4 Å². The Balaban J connectivity index is 1.11. The first-order valence-corrected chi connectivity index (χ1v) is 15.5. The van der Waals surface area contributed by atoms with Crippen molar-refractivity contribution in [1.29, 1.82) is 0 Å². The Labute approximate surface area is 259 Å². The highest BCUT2D eigenvalue weighted by Gasteiger charge is 2.56. The van der Waals surface area contributed by atoms with Gasteiger partial charge in [-0.05, 0) is 53.4 Å². The van der Waals surface area contributed by atoms with E-state index in [-0.39, 0.29) is 29.2 Å². The lowest BCUT2D eigenvalue weighted by Gasteiger charge is -2.29. The molecule has 1 fully saturated rings. The zero-order valence-electron chi connectivity index (χ0n) is 23.3. The number of rotatable bonds is 7. The summed E-state index contributed by atoms with van der Waals surface area (Å²) in [5.74, 6) is -1.07. The summed E-state index contributed by atoms with van der Waals surface area (Å²) in [6.07, 6.45) is 0. The molecule has 0 radical (unpaired) electrons. The van der Waals surface area contributed by atoms with Gasteiger partial charge in [-0.1, -0.05) is 71.6 Å². The number of anilines is 2. The summed E-state index contributed by atoms with van der Waals surface area (Å²) in [5.41, 5.74) is 1.94. The molecule has 0 saturated carbocycles. The first-order chi connectivity index (χ1) is 21.4. The second-order valence-corrected chi connectivity index (χ2v) is 12.6. The SMILES string of the molecule is COc1ccc(N2C(=O)[C@H]3[C@H](c4ccc(OCC(=O)Nc5cccc6ccccc56)cc4)c4sc(=O)[nH]c4S[C@H]3C2=O)cc1. The third kappa shape index (κ3) is 4.93. The lowest BCUT2D eigenvalue weighted by atomic mass is 9.83. The predicted molar refractivity (Wildman–Crippen MR) is 170 cm³/mol. The first kappa shape index (κ1) is 27.9. The second kappa shape index (κ2) is 11.3. The minimum absolute atomic E-state index is 0.194. The number of thiazole rings is 1. The maximum Gasteiger partial charge on any atom is 0.305 e. The topological polar surface area (TPSA) is 118 Å². The summed E-state index contributed by atoms with van der Waals surface area (Å²) >= 11 is 2.28. The molecule has 2 aliphatic rings. The van der Waals surface area contributed by atoms with Gasteiger partial charge in [0, 0.05) is 21.9 Å². The fourth-order valence-corrected chi connectivity index (χ4v) is 8.32. The molecule has 220 valence electrons. The number of hydrogen-bond acceptors (Lipinski definition) is 8. The highest BCUT2D eigenvalue weighted by Crippen LogP contribution is 2.53. The van der Waals surface area contributed by atoms with Gasteiger partial charge in [-0.2, -0.15) is 0 Å². The van der Waals surface area contributed by atoms with E-state index in [0.717, 1.165) is 32.5 Å². The smallest absolute Gasteiger partial charge is 0.305 e. The van der Waals surface area contributed by atoms with Crippen LogP contribution < -0.4 is 24.6 Å². The Bertz CT molecular complexity index is 1960. The number of fused-ring (bicyclic) bond motifs is 3. The number of imide groups is 1. The molecule has 4 aromatic carbocycles. The van der Waals surface area contributed by atoms with E-state index >= 15 is 0 Å². The Morgan fingerprint density at radius 3 is 2.39 bits per heavy atom. The van der Waals surface area contributed by atoms with Crippen LogP contribution in [-0.4, -0.2) is 41.7 Å². The molecule has 44 heavy (non-hydrogen) atoms. The maximum atomic E-state index is 13.9. The van der Waals surface area contributed by atoms with Crippen molar-refractivity contribution in [1.82, 2.24) is 4.98 Å². The standard InChI is InChI=1S/C33H25N3O6S2/c1-41-21-15-11-20(12-16-21)36-31(38)27-26(28-30(35-33(40)44-28)43-29(27)32(36)39)19-9-13-22(14-10-19)42-17-25(37)34-24-8-4-6-18-5-2-3-7-23(18)24/h2-16,26-27,29H,17H2,1H3,(H,34,37)(H,35,40)/t26-,27-,29+/m0/s1. The van der Waals surface area contributed by atoms with E-state index in [9.17, 15) is 19.2 Å². The van der Waals surface area contributed by atoms with Crippen LogP contribution in [0, 0.1) is 5.92 Å². The number of carbonyl (C=O) groups excluding carboxylic acids is 3. The molecule has 2 N–H and O–H groups in total. The largest absolute Gasteiger partial charge is 0.497 e. The summed E-state index contributed by atoms with van der Waals surface area (Å²) in [6.45, 7) is -0.194. The molecule has 0 unspecified atom stereocenters. The van der Waals surface area contributed by atoms with Crippen molar-refractivity contribution in [2.75, 3.05) is 23.9 Å². The number of aromatic amines is 1. The minimum atomic E-state index is -0.702. The summed E-state index contributed by atoms with van der Waals surface area (Å²) in [6, 6.07) is 27.4. The number of H-pyrrole nitrogens is 1. The Morgan fingerprint density at radius 1 is 0.886 bits per heavy atom. The van der Waals surface area contributed by atoms with Crippen molar-refractivity contribution >= 4 is 63.0 Å². The van der Waals surface area contributed by atoms with Crippen molar-refractivity contribution < 1.29 is 23.9 Å². The van der Waals surface area contributed by atoms with E-state index in [1.165, 1.54) is 16.7 Å². The number of thioether (sulfide) groups is 1. The molecule has 2 aliphatic heterocycles. The molecule has 11 heteroatoms. The van der Waals surface area contributed by atoms with E-state index < -0.39 is 17.1 Å². The number of carbonyl (C=O) groups is 3. The Morgan fingerprint density at radius 2 is 1.61 bits per heavy atom. The van der Waals surface area contributed by atoms with E-state index in [1.54, 1.807) is 43.5 Å². The maximum absolute atomic E-state index is 13.9. The third-order valence-corrected chi connectivity index (χ3v) is 10.2. The van der Waals surface area contributed by atoms with E-state index in [2.05, 4.69) is 10.3 Å². The number of hydrogen-bond donors (Lipinski definition) is 2. The number of benzene rings is 4. The van der Waals surface area contributed by atoms with Gasteiger partial charge in [0.1, 0.15) is 16.7 Å². The molecule has 1 aromatic heterocycles. The zero-order valence-corrected chi connectivity index (χ0v) is 24.9. The van der Waals surface area contributed by atoms with Crippen molar-refractivity contribution in [3.8, 4) is 11.5 Å². The van der Waals surface area contributed by atoms with E-state index in [4.69, 9.17) is 9.47 Å². The molecular formula is C33H25N3O6S2.